The van der Waals surface area contributed by atoms with Crippen molar-refractivity contribution in [3.63, 3.8) is 0 Å². The largest absolute Gasteiger partial charge is 0.484 e. The molecule has 7 heteroatoms. The molecule has 25 heavy (non-hydrogen) atoms. The Morgan fingerprint density at radius 3 is 2.56 bits per heavy atom. The number of aliphatic hydroxyl groups is 1. The highest BCUT2D eigenvalue weighted by atomic mass is 35.5. The molecule has 0 aliphatic heterocycles. The van der Waals surface area contributed by atoms with Crippen LogP contribution in [0.5, 0.6) is 5.75 Å². The molecule has 130 valence electrons. The summed E-state index contributed by atoms with van der Waals surface area (Å²) in [5.41, 5.74) is 0.969. The van der Waals surface area contributed by atoms with E-state index in [0.29, 0.717) is 23.0 Å². The first kappa shape index (κ1) is 17.8. The number of ether oxygens (including phenoxy) is 1. The SMILES string of the molecule is OCCCSc1nnc(COc2ccccc2Cl)n1-c1ccccc1. The average Bonchev–Trinajstić information content (AvgIpc) is 3.05. The first-order valence-corrected chi connectivity index (χ1v) is 9.26. The van der Waals surface area contributed by atoms with Crippen molar-refractivity contribution in [3.8, 4) is 11.4 Å². The Morgan fingerprint density at radius 1 is 1.04 bits per heavy atom. The van der Waals surface area contributed by atoms with Crippen LogP contribution >= 0.6 is 23.4 Å². The third kappa shape index (κ3) is 4.54. The molecule has 1 aromatic heterocycles. The van der Waals surface area contributed by atoms with Crippen LogP contribution in [0.15, 0.2) is 59.8 Å². The van der Waals surface area contributed by atoms with E-state index in [4.69, 9.17) is 21.4 Å². The van der Waals surface area contributed by atoms with Gasteiger partial charge in [-0.1, -0.05) is 53.7 Å². The summed E-state index contributed by atoms with van der Waals surface area (Å²) < 4.78 is 7.79. The van der Waals surface area contributed by atoms with E-state index < -0.39 is 0 Å². The average molecular weight is 376 g/mol. The van der Waals surface area contributed by atoms with E-state index in [0.717, 1.165) is 16.6 Å². The van der Waals surface area contributed by atoms with Gasteiger partial charge in [0.25, 0.3) is 0 Å². The minimum Gasteiger partial charge on any atom is -0.484 e. The second-order valence-corrected chi connectivity index (χ2v) is 6.68. The van der Waals surface area contributed by atoms with Crippen LogP contribution in [0.4, 0.5) is 0 Å². The van der Waals surface area contributed by atoms with Crippen molar-refractivity contribution in [2.75, 3.05) is 12.4 Å². The van der Waals surface area contributed by atoms with Crippen molar-refractivity contribution in [2.24, 2.45) is 0 Å². The summed E-state index contributed by atoms with van der Waals surface area (Å²) in [7, 11) is 0. The number of hydrogen-bond donors (Lipinski definition) is 1. The van der Waals surface area contributed by atoms with Gasteiger partial charge in [-0.3, -0.25) is 4.57 Å². The molecule has 0 amide bonds. The van der Waals surface area contributed by atoms with Gasteiger partial charge >= 0.3 is 0 Å². The quantitative estimate of drug-likeness (QED) is 0.476. The maximum absolute atomic E-state index is 8.98. The van der Waals surface area contributed by atoms with Gasteiger partial charge < -0.3 is 9.84 Å². The van der Waals surface area contributed by atoms with Crippen LogP contribution in [0.3, 0.4) is 0 Å². The Kier molecular flexibility index (Phi) is 6.33. The first-order valence-electron chi connectivity index (χ1n) is 7.90. The Morgan fingerprint density at radius 2 is 1.80 bits per heavy atom. The lowest BCUT2D eigenvalue weighted by Crippen LogP contribution is -2.07. The molecule has 2 aromatic carbocycles. The standard InChI is InChI=1S/C18H18ClN3O2S/c19-15-9-4-5-10-16(15)24-13-17-20-21-18(25-12-6-11-23)22(17)14-7-2-1-3-8-14/h1-5,7-10,23H,6,11-13H2. The predicted molar refractivity (Wildman–Crippen MR) is 99.6 cm³/mol. The molecule has 5 nitrogen and oxygen atoms in total. The number of aliphatic hydroxyl groups excluding tert-OH is 1. The van der Waals surface area contributed by atoms with Crippen LogP contribution in [-0.2, 0) is 6.61 Å². The molecule has 0 radical (unpaired) electrons. The molecule has 0 bridgehead atoms. The lowest BCUT2D eigenvalue weighted by Gasteiger charge is -2.11. The minimum absolute atomic E-state index is 0.162. The molecule has 0 unspecified atom stereocenters. The smallest absolute Gasteiger partial charge is 0.195 e. The van der Waals surface area contributed by atoms with Crippen LogP contribution in [-0.4, -0.2) is 32.2 Å². The molecule has 3 rings (SSSR count). The Balaban J connectivity index is 1.84. The van der Waals surface area contributed by atoms with Crippen molar-refractivity contribution >= 4 is 23.4 Å². The number of hydrogen-bond acceptors (Lipinski definition) is 5. The molecular formula is C18H18ClN3O2S. The van der Waals surface area contributed by atoms with Gasteiger partial charge in [0.05, 0.1) is 5.02 Å². The Bertz CT molecular complexity index is 811. The number of nitrogens with zero attached hydrogens (tertiary/aromatic N) is 3. The molecule has 0 saturated carbocycles. The van der Waals surface area contributed by atoms with Crippen LogP contribution < -0.4 is 4.74 Å². The number of benzene rings is 2. The topological polar surface area (TPSA) is 60.2 Å². The van der Waals surface area contributed by atoms with Crippen molar-refractivity contribution in [1.29, 1.82) is 0 Å². The number of halogens is 1. The molecule has 1 N–H and O–H groups in total. The van der Waals surface area contributed by atoms with E-state index in [9.17, 15) is 0 Å². The molecule has 0 fully saturated rings. The summed E-state index contributed by atoms with van der Waals surface area (Å²) in [6.07, 6.45) is 0.706. The Hall–Kier alpha value is -2.02. The number of rotatable bonds is 8. The van der Waals surface area contributed by atoms with Gasteiger partial charge in [0.15, 0.2) is 11.0 Å². The third-order valence-electron chi connectivity index (χ3n) is 3.44. The van der Waals surface area contributed by atoms with Crippen molar-refractivity contribution in [3.05, 3.63) is 65.4 Å². The van der Waals surface area contributed by atoms with Gasteiger partial charge in [-0.2, -0.15) is 0 Å². The van der Waals surface area contributed by atoms with Gasteiger partial charge in [-0.25, -0.2) is 0 Å². The van der Waals surface area contributed by atoms with Gasteiger partial charge in [-0.05, 0) is 30.7 Å². The van der Waals surface area contributed by atoms with E-state index >= 15 is 0 Å². The second kappa shape index (κ2) is 8.89. The minimum atomic E-state index is 0.162. The molecule has 3 aromatic rings. The summed E-state index contributed by atoms with van der Waals surface area (Å²) in [5.74, 6) is 2.08. The lowest BCUT2D eigenvalue weighted by molar-refractivity contribution is 0.293. The zero-order chi connectivity index (χ0) is 17.5. The number of aromatic nitrogens is 3. The molecule has 0 saturated heterocycles. The fraction of sp³-hybridized carbons (Fsp3) is 0.222. The Labute approximate surface area is 155 Å². The van der Waals surface area contributed by atoms with E-state index in [1.165, 1.54) is 0 Å². The van der Waals surface area contributed by atoms with Gasteiger partial charge in [0.1, 0.15) is 12.4 Å². The summed E-state index contributed by atoms with van der Waals surface area (Å²) in [6.45, 7) is 0.418. The molecule has 1 heterocycles. The summed E-state index contributed by atoms with van der Waals surface area (Å²) in [6, 6.07) is 17.2. The molecule has 0 spiro atoms. The first-order chi connectivity index (χ1) is 12.3. The highest BCUT2D eigenvalue weighted by Gasteiger charge is 2.15. The zero-order valence-electron chi connectivity index (χ0n) is 13.5. The number of para-hydroxylation sites is 2. The van der Waals surface area contributed by atoms with Crippen LogP contribution in [0.2, 0.25) is 5.02 Å². The third-order valence-corrected chi connectivity index (χ3v) is 4.77. The fourth-order valence-corrected chi connectivity index (χ4v) is 3.34. The van der Waals surface area contributed by atoms with E-state index in [-0.39, 0.29) is 13.2 Å². The number of thioether (sulfide) groups is 1. The van der Waals surface area contributed by atoms with Crippen LogP contribution in [0.25, 0.3) is 5.69 Å². The van der Waals surface area contributed by atoms with Crippen molar-refractivity contribution < 1.29 is 9.84 Å². The highest BCUT2D eigenvalue weighted by molar-refractivity contribution is 7.99. The molecule has 0 aliphatic rings. The van der Waals surface area contributed by atoms with Gasteiger partial charge in [0.2, 0.25) is 0 Å². The molecule has 0 atom stereocenters. The van der Waals surface area contributed by atoms with E-state index in [1.54, 1.807) is 17.8 Å². The van der Waals surface area contributed by atoms with Crippen LogP contribution in [0, 0.1) is 0 Å². The highest BCUT2D eigenvalue weighted by Crippen LogP contribution is 2.26. The predicted octanol–water partition coefficient (Wildman–Crippen LogP) is 3.97. The maximum atomic E-state index is 8.98. The summed E-state index contributed by atoms with van der Waals surface area (Å²) in [5, 5.41) is 18.9. The van der Waals surface area contributed by atoms with E-state index in [2.05, 4.69) is 10.2 Å². The maximum Gasteiger partial charge on any atom is 0.195 e. The van der Waals surface area contributed by atoms with Crippen molar-refractivity contribution in [1.82, 2.24) is 14.8 Å². The second-order valence-electron chi connectivity index (χ2n) is 5.21. The fourth-order valence-electron chi connectivity index (χ4n) is 2.26. The van der Waals surface area contributed by atoms with Gasteiger partial charge in [0, 0.05) is 18.0 Å². The van der Waals surface area contributed by atoms with E-state index in [1.807, 2.05) is 53.1 Å². The molecule has 0 aliphatic carbocycles. The molecular weight excluding hydrogens is 358 g/mol. The lowest BCUT2D eigenvalue weighted by atomic mass is 10.3. The summed E-state index contributed by atoms with van der Waals surface area (Å²) in [4.78, 5) is 0. The summed E-state index contributed by atoms with van der Waals surface area (Å²) >= 11 is 7.70. The van der Waals surface area contributed by atoms with Crippen LogP contribution in [0.1, 0.15) is 12.2 Å². The monoisotopic (exact) mass is 375 g/mol. The van der Waals surface area contributed by atoms with Crippen molar-refractivity contribution in [2.45, 2.75) is 18.2 Å². The zero-order valence-corrected chi connectivity index (χ0v) is 15.1. The normalized spacial score (nSPS) is 10.8. The van der Waals surface area contributed by atoms with Gasteiger partial charge in [-0.15, -0.1) is 10.2 Å².